The van der Waals surface area contributed by atoms with Gasteiger partial charge in [-0.15, -0.1) is 0 Å². The maximum absolute atomic E-state index is 12.9. The molecule has 1 atom stereocenters. The Morgan fingerprint density at radius 3 is 1.96 bits per heavy atom. The van der Waals surface area contributed by atoms with Crippen molar-refractivity contribution in [1.82, 2.24) is 5.32 Å². The molecule has 2 rings (SSSR count). The van der Waals surface area contributed by atoms with Gasteiger partial charge in [0.2, 0.25) is 11.8 Å². The fraction of sp³-hybridized carbons (Fsp3) is 0.417. The molecule has 28 heavy (non-hydrogen) atoms. The van der Waals surface area contributed by atoms with E-state index in [1.807, 2.05) is 67.6 Å². The SMILES string of the molecule is CCCCCC[C@@H](C)NC(=O)CCC(=O)N(c1ccccc1)c1ccccc1. The summed E-state index contributed by atoms with van der Waals surface area (Å²) < 4.78 is 0. The first-order valence-corrected chi connectivity index (χ1v) is 10.3. The second kappa shape index (κ2) is 12.0. The Morgan fingerprint density at radius 1 is 0.857 bits per heavy atom. The van der Waals surface area contributed by atoms with Crippen molar-refractivity contribution in [2.24, 2.45) is 0 Å². The molecule has 0 radical (unpaired) electrons. The molecular formula is C24H32N2O2. The van der Waals surface area contributed by atoms with E-state index >= 15 is 0 Å². The molecule has 0 aliphatic rings. The molecule has 0 heterocycles. The first kappa shape index (κ1) is 21.7. The standard InChI is InChI=1S/C24H32N2O2/c1-3-4-5-8-13-20(2)25-23(27)18-19-24(28)26(21-14-9-6-10-15-21)22-16-11-7-12-17-22/h6-7,9-12,14-17,20H,3-5,8,13,18-19H2,1-2H3,(H,25,27)/t20-/m1/s1. The molecule has 0 saturated heterocycles. The van der Waals surface area contributed by atoms with Gasteiger partial charge in [-0.2, -0.15) is 0 Å². The van der Waals surface area contributed by atoms with Crippen LogP contribution in [0.15, 0.2) is 60.7 Å². The van der Waals surface area contributed by atoms with Crippen LogP contribution in [0.5, 0.6) is 0 Å². The maximum Gasteiger partial charge on any atom is 0.232 e. The highest BCUT2D eigenvalue weighted by atomic mass is 16.2. The van der Waals surface area contributed by atoms with Crippen LogP contribution in [-0.2, 0) is 9.59 Å². The van der Waals surface area contributed by atoms with Crippen LogP contribution in [0.1, 0.15) is 58.8 Å². The molecule has 0 spiro atoms. The van der Waals surface area contributed by atoms with E-state index in [-0.39, 0.29) is 30.7 Å². The Bertz CT molecular complexity index is 676. The topological polar surface area (TPSA) is 49.4 Å². The monoisotopic (exact) mass is 380 g/mol. The highest BCUT2D eigenvalue weighted by Gasteiger charge is 2.19. The van der Waals surface area contributed by atoms with Gasteiger partial charge in [0.1, 0.15) is 0 Å². The van der Waals surface area contributed by atoms with Gasteiger partial charge < -0.3 is 5.32 Å². The number of unbranched alkanes of at least 4 members (excludes halogenated alkanes) is 3. The third-order valence-electron chi connectivity index (χ3n) is 4.74. The molecule has 1 N–H and O–H groups in total. The molecule has 0 aliphatic carbocycles. The van der Waals surface area contributed by atoms with Crippen LogP contribution >= 0.6 is 0 Å². The minimum Gasteiger partial charge on any atom is -0.354 e. The van der Waals surface area contributed by atoms with E-state index in [0.717, 1.165) is 24.2 Å². The van der Waals surface area contributed by atoms with Gasteiger partial charge in [0.15, 0.2) is 0 Å². The van der Waals surface area contributed by atoms with Crippen molar-refractivity contribution < 1.29 is 9.59 Å². The van der Waals surface area contributed by atoms with Gasteiger partial charge in [-0.25, -0.2) is 0 Å². The number of para-hydroxylation sites is 2. The summed E-state index contributed by atoms with van der Waals surface area (Å²) in [6.45, 7) is 4.22. The van der Waals surface area contributed by atoms with E-state index in [2.05, 4.69) is 12.2 Å². The van der Waals surface area contributed by atoms with E-state index < -0.39 is 0 Å². The molecule has 0 unspecified atom stereocenters. The lowest BCUT2D eigenvalue weighted by Crippen LogP contribution is -2.34. The molecule has 2 aromatic rings. The molecule has 2 aromatic carbocycles. The van der Waals surface area contributed by atoms with Crippen LogP contribution in [0.2, 0.25) is 0 Å². The zero-order valence-corrected chi connectivity index (χ0v) is 17.1. The lowest BCUT2D eigenvalue weighted by molar-refractivity contribution is -0.125. The summed E-state index contributed by atoms with van der Waals surface area (Å²) in [7, 11) is 0. The normalized spacial score (nSPS) is 11.6. The van der Waals surface area contributed by atoms with Crippen LogP contribution in [0.3, 0.4) is 0 Å². The zero-order chi connectivity index (χ0) is 20.2. The van der Waals surface area contributed by atoms with Crippen molar-refractivity contribution in [3.63, 3.8) is 0 Å². The quantitative estimate of drug-likeness (QED) is 0.515. The van der Waals surface area contributed by atoms with Gasteiger partial charge in [-0.3, -0.25) is 14.5 Å². The summed E-state index contributed by atoms with van der Waals surface area (Å²) in [5, 5.41) is 3.02. The number of anilines is 2. The molecule has 2 amide bonds. The number of carbonyl (C=O) groups is 2. The number of carbonyl (C=O) groups excluding carboxylic acids is 2. The van der Waals surface area contributed by atoms with Crippen LogP contribution in [0.25, 0.3) is 0 Å². The highest BCUT2D eigenvalue weighted by molar-refractivity contribution is 6.01. The second-order valence-corrected chi connectivity index (χ2v) is 7.22. The largest absolute Gasteiger partial charge is 0.354 e. The number of nitrogens with one attached hydrogen (secondary N) is 1. The van der Waals surface area contributed by atoms with Gasteiger partial charge in [0.05, 0.1) is 0 Å². The molecule has 150 valence electrons. The Labute approximate surface area is 169 Å². The Hall–Kier alpha value is -2.62. The van der Waals surface area contributed by atoms with E-state index in [9.17, 15) is 9.59 Å². The lowest BCUT2D eigenvalue weighted by atomic mass is 10.1. The fourth-order valence-electron chi connectivity index (χ4n) is 3.22. The highest BCUT2D eigenvalue weighted by Crippen LogP contribution is 2.26. The molecule has 0 aromatic heterocycles. The third kappa shape index (κ3) is 7.18. The number of hydrogen-bond acceptors (Lipinski definition) is 2. The summed E-state index contributed by atoms with van der Waals surface area (Å²) in [5.74, 6) is -0.138. The first-order chi connectivity index (χ1) is 13.6. The number of rotatable bonds is 11. The van der Waals surface area contributed by atoms with E-state index in [1.165, 1.54) is 19.3 Å². The summed E-state index contributed by atoms with van der Waals surface area (Å²) in [4.78, 5) is 26.9. The maximum atomic E-state index is 12.9. The Kier molecular flexibility index (Phi) is 9.26. The number of nitrogens with zero attached hydrogens (tertiary/aromatic N) is 1. The lowest BCUT2D eigenvalue weighted by Gasteiger charge is -2.23. The molecule has 0 fully saturated rings. The van der Waals surface area contributed by atoms with Crippen molar-refractivity contribution in [3.8, 4) is 0 Å². The predicted molar refractivity (Wildman–Crippen MR) is 116 cm³/mol. The number of amides is 2. The van der Waals surface area contributed by atoms with E-state index in [0.29, 0.717) is 0 Å². The van der Waals surface area contributed by atoms with Crippen molar-refractivity contribution in [3.05, 3.63) is 60.7 Å². The summed E-state index contributed by atoms with van der Waals surface area (Å²) in [6.07, 6.45) is 6.15. The second-order valence-electron chi connectivity index (χ2n) is 7.22. The van der Waals surface area contributed by atoms with Gasteiger partial charge in [-0.1, -0.05) is 69.0 Å². The van der Waals surface area contributed by atoms with E-state index in [4.69, 9.17) is 0 Å². The van der Waals surface area contributed by atoms with Crippen LogP contribution in [0, 0.1) is 0 Å². The Balaban J connectivity index is 1.90. The van der Waals surface area contributed by atoms with Gasteiger partial charge in [0.25, 0.3) is 0 Å². The van der Waals surface area contributed by atoms with Gasteiger partial charge in [0, 0.05) is 30.3 Å². The average Bonchev–Trinajstić information content (AvgIpc) is 2.71. The smallest absolute Gasteiger partial charge is 0.232 e. The minimum atomic E-state index is -0.0804. The molecule has 0 saturated carbocycles. The van der Waals surface area contributed by atoms with Crippen LogP contribution in [-0.4, -0.2) is 17.9 Å². The van der Waals surface area contributed by atoms with Crippen molar-refractivity contribution >= 4 is 23.2 Å². The van der Waals surface area contributed by atoms with Gasteiger partial charge >= 0.3 is 0 Å². The average molecular weight is 381 g/mol. The third-order valence-corrected chi connectivity index (χ3v) is 4.74. The fourth-order valence-corrected chi connectivity index (χ4v) is 3.22. The Morgan fingerprint density at radius 2 is 1.43 bits per heavy atom. The van der Waals surface area contributed by atoms with Crippen molar-refractivity contribution in [2.75, 3.05) is 4.90 Å². The number of benzene rings is 2. The molecule has 4 heteroatoms. The predicted octanol–water partition coefficient (Wildman–Crippen LogP) is 5.61. The summed E-state index contributed by atoms with van der Waals surface area (Å²) >= 11 is 0. The number of hydrogen-bond donors (Lipinski definition) is 1. The zero-order valence-electron chi connectivity index (χ0n) is 17.1. The molecule has 0 bridgehead atoms. The van der Waals surface area contributed by atoms with E-state index in [1.54, 1.807) is 4.90 Å². The van der Waals surface area contributed by atoms with Crippen molar-refractivity contribution in [1.29, 1.82) is 0 Å². The van der Waals surface area contributed by atoms with Crippen molar-refractivity contribution in [2.45, 2.75) is 64.8 Å². The first-order valence-electron chi connectivity index (χ1n) is 10.3. The molecule has 4 nitrogen and oxygen atoms in total. The van der Waals surface area contributed by atoms with Gasteiger partial charge in [-0.05, 0) is 37.6 Å². The summed E-state index contributed by atoms with van der Waals surface area (Å²) in [6, 6.07) is 19.3. The van der Waals surface area contributed by atoms with Crippen LogP contribution in [0.4, 0.5) is 11.4 Å². The minimum absolute atomic E-state index is 0.0579. The molecular weight excluding hydrogens is 348 g/mol. The summed E-state index contributed by atoms with van der Waals surface area (Å²) in [5.41, 5.74) is 1.62. The van der Waals surface area contributed by atoms with Crippen LogP contribution < -0.4 is 10.2 Å². The molecule has 0 aliphatic heterocycles.